The van der Waals surface area contributed by atoms with Gasteiger partial charge >= 0.3 is 0 Å². The first kappa shape index (κ1) is 14.6. The van der Waals surface area contributed by atoms with Crippen molar-refractivity contribution in [1.82, 2.24) is 5.32 Å². The molecule has 4 nitrogen and oxygen atoms in total. The summed E-state index contributed by atoms with van der Waals surface area (Å²) in [6.45, 7) is 4.43. The first-order chi connectivity index (χ1) is 9.61. The average molecular weight is 275 g/mol. The molecule has 1 heterocycles. The zero-order valence-corrected chi connectivity index (χ0v) is 12.1. The molecule has 0 aliphatic carbocycles. The Bertz CT molecular complexity index is 537. The van der Waals surface area contributed by atoms with Crippen molar-refractivity contribution in [2.45, 2.75) is 26.0 Å². The molecule has 0 saturated carbocycles. The van der Waals surface area contributed by atoms with Gasteiger partial charge in [0.05, 0.1) is 25.5 Å². The normalized spacial score (nSPS) is 14.0. The van der Waals surface area contributed by atoms with Gasteiger partial charge in [-0.05, 0) is 38.1 Å². The summed E-state index contributed by atoms with van der Waals surface area (Å²) in [5.41, 5.74) is 1.89. The van der Waals surface area contributed by atoms with E-state index in [9.17, 15) is 5.11 Å². The summed E-state index contributed by atoms with van der Waals surface area (Å²) in [5, 5.41) is 13.6. The van der Waals surface area contributed by atoms with Crippen LogP contribution in [0.25, 0.3) is 0 Å². The Hall–Kier alpha value is -1.78. The number of ether oxygens (including phenoxy) is 1. The van der Waals surface area contributed by atoms with Crippen LogP contribution < -0.4 is 10.1 Å². The number of aliphatic hydroxyl groups excluding tert-OH is 1. The molecule has 0 amide bonds. The molecule has 2 rings (SSSR count). The molecule has 0 aliphatic rings. The van der Waals surface area contributed by atoms with Crippen molar-refractivity contribution < 1.29 is 14.3 Å². The number of furan rings is 1. The van der Waals surface area contributed by atoms with E-state index < -0.39 is 6.10 Å². The quantitative estimate of drug-likeness (QED) is 0.851. The number of aryl methyl sites for hydroxylation is 1. The average Bonchev–Trinajstić information content (AvgIpc) is 2.98. The van der Waals surface area contributed by atoms with Gasteiger partial charge in [0.1, 0.15) is 11.5 Å². The number of aliphatic hydroxyl groups is 1. The van der Waals surface area contributed by atoms with Crippen LogP contribution in [0.3, 0.4) is 0 Å². The van der Waals surface area contributed by atoms with Crippen LogP contribution in [0, 0.1) is 6.92 Å². The Morgan fingerprint density at radius 1 is 1.35 bits per heavy atom. The smallest absolute Gasteiger partial charge is 0.124 e. The second-order valence-electron chi connectivity index (χ2n) is 4.91. The van der Waals surface area contributed by atoms with E-state index in [-0.39, 0.29) is 6.04 Å². The highest BCUT2D eigenvalue weighted by atomic mass is 16.5. The number of hydrogen-bond acceptors (Lipinski definition) is 4. The standard InChI is InChI=1S/C16H21NO3/c1-11-6-7-16(19-3)13(9-11)14(18)10-17-12(2)15-5-4-8-20-15/h4-9,12,14,17-18H,10H2,1-3H3. The summed E-state index contributed by atoms with van der Waals surface area (Å²) in [6, 6.07) is 9.61. The van der Waals surface area contributed by atoms with Gasteiger partial charge in [-0.1, -0.05) is 11.6 Å². The van der Waals surface area contributed by atoms with E-state index >= 15 is 0 Å². The summed E-state index contributed by atoms with van der Waals surface area (Å²) in [4.78, 5) is 0. The van der Waals surface area contributed by atoms with Crippen molar-refractivity contribution in [2.75, 3.05) is 13.7 Å². The Balaban J connectivity index is 2.01. The molecular formula is C16H21NO3. The van der Waals surface area contributed by atoms with Gasteiger partial charge in [0.15, 0.2) is 0 Å². The third kappa shape index (κ3) is 3.40. The molecule has 108 valence electrons. The predicted octanol–water partition coefficient (Wildman–Crippen LogP) is 2.98. The predicted molar refractivity (Wildman–Crippen MR) is 77.8 cm³/mol. The largest absolute Gasteiger partial charge is 0.496 e. The lowest BCUT2D eigenvalue weighted by Gasteiger charge is -2.18. The van der Waals surface area contributed by atoms with Crippen molar-refractivity contribution >= 4 is 0 Å². The molecule has 2 N–H and O–H groups in total. The minimum absolute atomic E-state index is 0.0513. The molecule has 0 aliphatic heterocycles. The molecular weight excluding hydrogens is 254 g/mol. The van der Waals surface area contributed by atoms with Crippen molar-refractivity contribution in [2.24, 2.45) is 0 Å². The van der Waals surface area contributed by atoms with Gasteiger partial charge in [0.25, 0.3) is 0 Å². The van der Waals surface area contributed by atoms with Gasteiger partial charge in [-0.2, -0.15) is 0 Å². The second-order valence-corrected chi connectivity index (χ2v) is 4.91. The first-order valence-corrected chi connectivity index (χ1v) is 6.71. The fraction of sp³-hybridized carbons (Fsp3) is 0.375. The Morgan fingerprint density at radius 2 is 2.15 bits per heavy atom. The highest BCUT2D eigenvalue weighted by molar-refractivity contribution is 5.38. The van der Waals surface area contributed by atoms with E-state index in [0.717, 1.165) is 16.9 Å². The first-order valence-electron chi connectivity index (χ1n) is 6.71. The molecule has 0 saturated heterocycles. The molecule has 20 heavy (non-hydrogen) atoms. The zero-order chi connectivity index (χ0) is 14.5. The van der Waals surface area contributed by atoms with Crippen molar-refractivity contribution in [1.29, 1.82) is 0 Å². The van der Waals surface area contributed by atoms with Crippen LogP contribution in [0.2, 0.25) is 0 Å². The van der Waals surface area contributed by atoms with Crippen LogP contribution in [-0.2, 0) is 0 Å². The summed E-state index contributed by atoms with van der Waals surface area (Å²) < 4.78 is 10.6. The molecule has 1 aromatic carbocycles. The summed E-state index contributed by atoms with van der Waals surface area (Å²) >= 11 is 0. The summed E-state index contributed by atoms with van der Waals surface area (Å²) in [6.07, 6.45) is 1.02. The van der Waals surface area contributed by atoms with Crippen LogP contribution in [0.15, 0.2) is 41.0 Å². The zero-order valence-electron chi connectivity index (χ0n) is 12.1. The van der Waals surface area contributed by atoms with Crippen LogP contribution in [0.1, 0.15) is 36.0 Å². The fourth-order valence-corrected chi connectivity index (χ4v) is 2.15. The molecule has 0 spiro atoms. The van der Waals surface area contributed by atoms with E-state index in [1.807, 2.05) is 44.2 Å². The van der Waals surface area contributed by atoms with Crippen LogP contribution in [0.5, 0.6) is 5.75 Å². The highest BCUT2D eigenvalue weighted by Crippen LogP contribution is 2.26. The van der Waals surface area contributed by atoms with Gasteiger partial charge in [-0.15, -0.1) is 0 Å². The van der Waals surface area contributed by atoms with Crippen LogP contribution in [-0.4, -0.2) is 18.8 Å². The maximum Gasteiger partial charge on any atom is 0.124 e. The fourth-order valence-electron chi connectivity index (χ4n) is 2.15. The van der Waals surface area contributed by atoms with E-state index in [0.29, 0.717) is 12.3 Å². The van der Waals surface area contributed by atoms with Gasteiger partial charge in [0.2, 0.25) is 0 Å². The number of nitrogens with one attached hydrogen (secondary N) is 1. The Morgan fingerprint density at radius 3 is 2.80 bits per heavy atom. The molecule has 4 heteroatoms. The minimum Gasteiger partial charge on any atom is -0.496 e. The molecule has 0 fully saturated rings. The number of hydrogen-bond donors (Lipinski definition) is 2. The van der Waals surface area contributed by atoms with Crippen molar-refractivity contribution in [3.05, 3.63) is 53.5 Å². The maximum absolute atomic E-state index is 10.3. The minimum atomic E-state index is -0.623. The summed E-state index contributed by atoms with van der Waals surface area (Å²) in [7, 11) is 1.61. The van der Waals surface area contributed by atoms with Gasteiger partial charge in [0, 0.05) is 12.1 Å². The molecule has 0 bridgehead atoms. The Kier molecular flexibility index (Phi) is 4.82. The second kappa shape index (κ2) is 6.59. The third-order valence-corrected chi connectivity index (χ3v) is 3.33. The monoisotopic (exact) mass is 275 g/mol. The number of benzene rings is 1. The lowest BCUT2D eigenvalue weighted by atomic mass is 10.0. The molecule has 0 radical (unpaired) electrons. The maximum atomic E-state index is 10.3. The van der Waals surface area contributed by atoms with Gasteiger partial charge in [-0.25, -0.2) is 0 Å². The molecule has 2 atom stereocenters. The highest BCUT2D eigenvalue weighted by Gasteiger charge is 2.15. The van der Waals surface area contributed by atoms with Gasteiger partial charge in [-0.3, -0.25) is 0 Å². The van der Waals surface area contributed by atoms with E-state index in [1.165, 1.54) is 0 Å². The molecule has 2 unspecified atom stereocenters. The van der Waals surface area contributed by atoms with Crippen molar-refractivity contribution in [3.63, 3.8) is 0 Å². The van der Waals surface area contributed by atoms with Crippen LogP contribution in [0.4, 0.5) is 0 Å². The molecule has 1 aromatic heterocycles. The lowest BCUT2D eigenvalue weighted by Crippen LogP contribution is -2.24. The number of rotatable bonds is 6. The van der Waals surface area contributed by atoms with E-state index in [1.54, 1.807) is 13.4 Å². The number of methoxy groups -OCH3 is 1. The SMILES string of the molecule is COc1ccc(C)cc1C(O)CNC(C)c1ccco1. The lowest BCUT2D eigenvalue weighted by molar-refractivity contribution is 0.165. The van der Waals surface area contributed by atoms with E-state index in [4.69, 9.17) is 9.15 Å². The van der Waals surface area contributed by atoms with Gasteiger partial charge < -0.3 is 19.6 Å². The third-order valence-electron chi connectivity index (χ3n) is 3.33. The topological polar surface area (TPSA) is 54.6 Å². The summed E-state index contributed by atoms with van der Waals surface area (Å²) in [5.74, 6) is 1.56. The molecule has 2 aromatic rings. The van der Waals surface area contributed by atoms with Crippen LogP contribution >= 0.6 is 0 Å². The Labute approximate surface area is 119 Å². The van der Waals surface area contributed by atoms with E-state index in [2.05, 4.69) is 5.32 Å². The van der Waals surface area contributed by atoms with Crippen molar-refractivity contribution in [3.8, 4) is 5.75 Å².